The molecule has 0 aliphatic heterocycles. The van der Waals surface area contributed by atoms with Crippen LogP contribution in [-0.2, 0) is 22.5 Å². The highest BCUT2D eigenvalue weighted by Gasteiger charge is 2.18. The highest BCUT2D eigenvalue weighted by atomic mass is 32.2. The summed E-state index contributed by atoms with van der Waals surface area (Å²) in [4.78, 5) is 10.7. The van der Waals surface area contributed by atoms with Crippen LogP contribution in [0.4, 0.5) is 0 Å². The van der Waals surface area contributed by atoms with Crippen LogP contribution < -0.4 is 0 Å². The fourth-order valence-corrected chi connectivity index (χ4v) is 2.60. The van der Waals surface area contributed by atoms with E-state index in [1.807, 2.05) is 17.6 Å². The molecule has 0 fully saturated rings. The molecule has 0 spiro atoms. The minimum atomic E-state index is -0.889. The molecule has 2 aromatic heterocycles. The maximum absolute atomic E-state index is 10.7. The van der Waals surface area contributed by atoms with Crippen LogP contribution in [0.5, 0.6) is 0 Å². The summed E-state index contributed by atoms with van der Waals surface area (Å²) in [7, 11) is 1.61. The quantitative estimate of drug-likeness (QED) is 0.745. The molecule has 1 N–H and O–H groups in total. The average molecular weight is 311 g/mol. The van der Waals surface area contributed by atoms with Gasteiger partial charge in [0.1, 0.15) is 5.76 Å². The van der Waals surface area contributed by atoms with Gasteiger partial charge in [0.05, 0.1) is 30.7 Å². The first kappa shape index (κ1) is 15.6. The number of rotatable bonds is 8. The highest BCUT2D eigenvalue weighted by Crippen LogP contribution is 2.27. The number of carbonyl (C=O) groups is 1. The van der Waals surface area contributed by atoms with Crippen molar-refractivity contribution in [3.63, 3.8) is 0 Å². The Morgan fingerprint density at radius 2 is 2.33 bits per heavy atom. The zero-order chi connectivity index (χ0) is 15.2. The summed E-state index contributed by atoms with van der Waals surface area (Å²) in [6.07, 6.45) is 2.37. The molecule has 2 rings (SSSR count). The number of carboxylic acid groups (broad SMARTS) is 1. The van der Waals surface area contributed by atoms with Crippen LogP contribution in [0.2, 0.25) is 0 Å². The molecular formula is C13H17N3O4S. The molecule has 0 aliphatic rings. The molecule has 7 nitrogen and oxygen atoms in total. The van der Waals surface area contributed by atoms with E-state index in [0.717, 1.165) is 29.5 Å². The standard InChI is InChI=1S/C13H17N3O4S/c1-3-10-9(4-6-20-10)12-14-15-13(21-8-11(17)18)16(12)5-7-19-2/h4,6H,3,5,7-8H2,1-2H3,(H,17,18). The Labute approximate surface area is 126 Å². The number of hydrogen-bond donors (Lipinski definition) is 1. The average Bonchev–Trinajstić information content (AvgIpc) is 3.08. The Hall–Kier alpha value is -1.80. The van der Waals surface area contributed by atoms with Crippen molar-refractivity contribution in [1.29, 1.82) is 0 Å². The van der Waals surface area contributed by atoms with E-state index >= 15 is 0 Å². The van der Waals surface area contributed by atoms with Gasteiger partial charge < -0.3 is 14.3 Å². The summed E-state index contributed by atoms with van der Waals surface area (Å²) >= 11 is 1.14. The second-order valence-corrected chi connectivity index (χ2v) is 5.19. The lowest BCUT2D eigenvalue weighted by molar-refractivity contribution is -0.133. The monoisotopic (exact) mass is 311 g/mol. The number of methoxy groups -OCH3 is 1. The van der Waals surface area contributed by atoms with Gasteiger partial charge in [0.15, 0.2) is 11.0 Å². The topological polar surface area (TPSA) is 90.4 Å². The van der Waals surface area contributed by atoms with Gasteiger partial charge in [-0.1, -0.05) is 18.7 Å². The molecule has 8 heteroatoms. The number of hydrogen-bond acceptors (Lipinski definition) is 6. The van der Waals surface area contributed by atoms with Crippen LogP contribution in [0.15, 0.2) is 21.9 Å². The predicted molar refractivity (Wildman–Crippen MR) is 77.3 cm³/mol. The van der Waals surface area contributed by atoms with E-state index in [1.165, 1.54) is 0 Å². The maximum atomic E-state index is 10.7. The Balaban J connectivity index is 2.34. The second-order valence-electron chi connectivity index (χ2n) is 4.24. The second kappa shape index (κ2) is 7.28. The number of aryl methyl sites for hydroxylation is 1. The molecule has 21 heavy (non-hydrogen) atoms. The van der Waals surface area contributed by atoms with E-state index in [4.69, 9.17) is 14.3 Å². The van der Waals surface area contributed by atoms with Crippen molar-refractivity contribution < 1.29 is 19.1 Å². The van der Waals surface area contributed by atoms with Gasteiger partial charge in [0, 0.05) is 13.5 Å². The van der Waals surface area contributed by atoms with E-state index in [-0.39, 0.29) is 5.75 Å². The molecule has 114 valence electrons. The van der Waals surface area contributed by atoms with Gasteiger partial charge in [-0.25, -0.2) is 0 Å². The molecule has 0 saturated carbocycles. The normalized spacial score (nSPS) is 11.0. The van der Waals surface area contributed by atoms with Crippen molar-refractivity contribution >= 4 is 17.7 Å². The summed E-state index contributed by atoms with van der Waals surface area (Å²) < 4.78 is 12.4. The Morgan fingerprint density at radius 3 is 3.00 bits per heavy atom. The number of aromatic nitrogens is 3. The summed E-state index contributed by atoms with van der Waals surface area (Å²) in [5.74, 6) is 0.554. The summed E-state index contributed by atoms with van der Waals surface area (Å²) in [5.41, 5.74) is 0.878. The van der Waals surface area contributed by atoms with Crippen molar-refractivity contribution in [1.82, 2.24) is 14.8 Å². The lowest BCUT2D eigenvalue weighted by Crippen LogP contribution is -2.09. The van der Waals surface area contributed by atoms with Crippen LogP contribution in [0.1, 0.15) is 12.7 Å². The van der Waals surface area contributed by atoms with E-state index < -0.39 is 5.97 Å². The first-order valence-corrected chi connectivity index (χ1v) is 7.49. The van der Waals surface area contributed by atoms with Gasteiger partial charge in [-0.3, -0.25) is 9.36 Å². The van der Waals surface area contributed by atoms with Gasteiger partial charge in [0.2, 0.25) is 0 Å². The van der Waals surface area contributed by atoms with Gasteiger partial charge in [-0.05, 0) is 6.07 Å². The smallest absolute Gasteiger partial charge is 0.313 e. The largest absolute Gasteiger partial charge is 0.481 e. The summed E-state index contributed by atoms with van der Waals surface area (Å²) in [5, 5.41) is 17.6. The number of carboxylic acids is 1. The number of nitrogens with zero attached hydrogens (tertiary/aromatic N) is 3. The minimum absolute atomic E-state index is 0.0584. The molecule has 0 atom stereocenters. The van der Waals surface area contributed by atoms with Crippen molar-refractivity contribution in [2.45, 2.75) is 25.0 Å². The molecule has 2 heterocycles. The van der Waals surface area contributed by atoms with Crippen molar-refractivity contribution in [3.8, 4) is 11.4 Å². The first-order chi connectivity index (χ1) is 10.2. The Bertz CT molecular complexity index is 608. The van der Waals surface area contributed by atoms with Gasteiger partial charge in [-0.15, -0.1) is 10.2 Å². The molecule has 0 aromatic carbocycles. The fraction of sp³-hybridized carbons (Fsp3) is 0.462. The Kier molecular flexibility index (Phi) is 5.40. The molecule has 0 unspecified atom stereocenters. The fourth-order valence-electron chi connectivity index (χ4n) is 1.92. The lowest BCUT2D eigenvalue weighted by atomic mass is 10.2. The van der Waals surface area contributed by atoms with Crippen LogP contribution in [0.25, 0.3) is 11.4 Å². The van der Waals surface area contributed by atoms with Crippen molar-refractivity contribution in [3.05, 3.63) is 18.1 Å². The van der Waals surface area contributed by atoms with Gasteiger partial charge in [0.25, 0.3) is 0 Å². The minimum Gasteiger partial charge on any atom is -0.481 e. The molecular weight excluding hydrogens is 294 g/mol. The van der Waals surface area contributed by atoms with Crippen molar-refractivity contribution in [2.75, 3.05) is 19.5 Å². The van der Waals surface area contributed by atoms with E-state index in [0.29, 0.717) is 24.1 Å². The van der Waals surface area contributed by atoms with E-state index in [9.17, 15) is 4.79 Å². The number of aliphatic carboxylic acids is 1. The maximum Gasteiger partial charge on any atom is 0.313 e. The van der Waals surface area contributed by atoms with Crippen LogP contribution >= 0.6 is 11.8 Å². The number of thioether (sulfide) groups is 1. The number of ether oxygens (including phenoxy) is 1. The third kappa shape index (κ3) is 3.64. The predicted octanol–water partition coefficient (Wildman–Crippen LogP) is 1.92. The van der Waals surface area contributed by atoms with E-state index in [1.54, 1.807) is 13.4 Å². The Morgan fingerprint density at radius 1 is 1.52 bits per heavy atom. The van der Waals surface area contributed by atoms with Gasteiger partial charge in [-0.2, -0.15) is 0 Å². The zero-order valence-electron chi connectivity index (χ0n) is 11.9. The summed E-state index contributed by atoms with van der Waals surface area (Å²) in [6.45, 7) is 3.04. The lowest BCUT2D eigenvalue weighted by Gasteiger charge is -2.08. The van der Waals surface area contributed by atoms with Crippen LogP contribution in [-0.4, -0.2) is 45.3 Å². The highest BCUT2D eigenvalue weighted by molar-refractivity contribution is 7.99. The third-order valence-electron chi connectivity index (χ3n) is 2.87. The molecule has 0 radical (unpaired) electrons. The SMILES string of the molecule is CCc1occc1-c1nnc(SCC(=O)O)n1CCOC. The molecule has 0 saturated heterocycles. The van der Waals surface area contributed by atoms with Crippen molar-refractivity contribution in [2.24, 2.45) is 0 Å². The van der Waals surface area contributed by atoms with E-state index in [2.05, 4.69) is 10.2 Å². The van der Waals surface area contributed by atoms with Crippen LogP contribution in [0, 0.1) is 0 Å². The van der Waals surface area contributed by atoms with Crippen LogP contribution in [0.3, 0.4) is 0 Å². The molecule has 2 aromatic rings. The number of furan rings is 1. The first-order valence-electron chi connectivity index (χ1n) is 6.50. The molecule has 0 bridgehead atoms. The molecule has 0 aliphatic carbocycles. The molecule has 0 amide bonds. The summed E-state index contributed by atoms with van der Waals surface area (Å²) in [6, 6.07) is 1.85. The zero-order valence-corrected chi connectivity index (χ0v) is 12.7. The van der Waals surface area contributed by atoms with Gasteiger partial charge >= 0.3 is 5.97 Å². The third-order valence-corrected chi connectivity index (χ3v) is 3.82.